The van der Waals surface area contributed by atoms with Crippen LogP contribution in [0.4, 0.5) is 5.69 Å². The molecule has 0 saturated carbocycles. The summed E-state index contributed by atoms with van der Waals surface area (Å²) >= 11 is 0. The third-order valence-corrected chi connectivity index (χ3v) is 3.25. The van der Waals surface area contributed by atoms with Crippen molar-refractivity contribution < 1.29 is 9.72 Å². The largest absolute Gasteiger partial charge is 0.360 e. The van der Waals surface area contributed by atoms with E-state index in [1.54, 1.807) is 36.8 Å². The molecule has 0 amide bonds. The zero-order valence-electron chi connectivity index (χ0n) is 11.4. The number of non-ortho nitro benzene ring substituents is 1. The van der Waals surface area contributed by atoms with Gasteiger partial charge in [-0.25, -0.2) is 0 Å². The maximum Gasteiger partial charge on any atom is 0.270 e. The van der Waals surface area contributed by atoms with Crippen molar-refractivity contribution in [2.45, 2.75) is 0 Å². The molecule has 0 bridgehead atoms. The van der Waals surface area contributed by atoms with Crippen molar-refractivity contribution in [1.29, 1.82) is 0 Å². The number of H-pyrrole nitrogens is 1. The molecule has 0 fully saturated rings. The maximum atomic E-state index is 12.3. The Morgan fingerprint density at radius 2 is 2.18 bits per heavy atom. The van der Waals surface area contributed by atoms with E-state index in [2.05, 4.69) is 9.97 Å². The number of pyridine rings is 1. The summed E-state index contributed by atoms with van der Waals surface area (Å²) in [6.45, 7) is 0. The van der Waals surface area contributed by atoms with Crippen LogP contribution in [-0.4, -0.2) is 20.7 Å². The van der Waals surface area contributed by atoms with Gasteiger partial charge in [0.25, 0.3) is 5.69 Å². The lowest BCUT2D eigenvalue weighted by atomic mass is 10.1. The van der Waals surface area contributed by atoms with Crippen LogP contribution >= 0.6 is 0 Å². The van der Waals surface area contributed by atoms with Gasteiger partial charge in [0.15, 0.2) is 5.78 Å². The van der Waals surface area contributed by atoms with Crippen LogP contribution in [0.3, 0.4) is 0 Å². The fourth-order valence-corrected chi connectivity index (χ4v) is 2.16. The predicted molar refractivity (Wildman–Crippen MR) is 82.6 cm³/mol. The fraction of sp³-hybridized carbons (Fsp3) is 0. The molecule has 0 atom stereocenters. The smallest absolute Gasteiger partial charge is 0.270 e. The number of nitrogens with one attached hydrogen (secondary N) is 1. The van der Waals surface area contributed by atoms with E-state index in [4.69, 9.17) is 0 Å². The highest BCUT2D eigenvalue weighted by molar-refractivity contribution is 6.14. The van der Waals surface area contributed by atoms with Crippen molar-refractivity contribution in [2.75, 3.05) is 0 Å². The van der Waals surface area contributed by atoms with Gasteiger partial charge in [-0.1, -0.05) is 6.07 Å². The lowest BCUT2D eigenvalue weighted by Crippen LogP contribution is -1.93. The Morgan fingerprint density at radius 1 is 1.32 bits per heavy atom. The molecule has 0 spiro atoms. The molecule has 1 N–H and O–H groups in total. The summed E-state index contributed by atoms with van der Waals surface area (Å²) < 4.78 is 0. The minimum absolute atomic E-state index is 0.0441. The van der Waals surface area contributed by atoms with Crippen molar-refractivity contribution in [1.82, 2.24) is 9.97 Å². The van der Waals surface area contributed by atoms with Gasteiger partial charge in [0, 0.05) is 47.2 Å². The van der Waals surface area contributed by atoms with Gasteiger partial charge in [-0.15, -0.1) is 0 Å². The first-order valence-corrected chi connectivity index (χ1v) is 6.53. The highest BCUT2D eigenvalue weighted by Gasteiger charge is 2.13. The maximum absolute atomic E-state index is 12.3. The lowest BCUT2D eigenvalue weighted by molar-refractivity contribution is -0.384. The van der Waals surface area contributed by atoms with E-state index in [0.29, 0.717) is 16.5 Å². The van der Waals surface area contributed by atoms with E-state index in [1.165, 1.54) is 18.2 Å². The molecule has 1 aromatic carbocycles. The summed E-state index contributed by atoms with van der Waals surface area (Å²) in [6, 6.07) is 8.00. The van der Waals surface area contributed by atoms with Crippen molar-refractivity contribution in [3.05, 3.63) is 76.2 Å². The van der Waals surface area contributed by atoms with Crippen LogP contribution in [0, 0.1) is 10.1 Å². The number of nitrogens with zero attached hydrogens (tertiary/aromatic N) is 2. The molecule has 6 nitrogen and oxygen atoms in total. The minimum Gasteiger partial charge on any atom is -0.360 e. The zero-order chi connectivity index (χ0) is 15.5. The molecule has 0 saturated heterocycles. The molecule has 0 unspecified atom stereocenters. The molecular formula is C16H11N3O3. The molecule has 0 radical (unpaired) electrons. The molecule has 0 aliphatic rings. The number of aromatic nitrogens is 2. The number of aromatic amines is 1. The van der Waals surface area contributed by atoms with E-state index in [-0.39, 0.29) is 11.5 Å². The summed E-state index contributed by atoms with van der Waals surface area (Å²) in [5.41, 5.74) is 1.85. The first-order chi connectivity index (χ1) is 10.6. The lowest BCUT2D eigenvalue weighted by Gasteiger charge is -1.95. The number of ketones is 1. The Balaban J connectivity index is 1.95. The van der Waals surface area contributed by atoms with Crippen LogP contribution in [0.5, 0.6) is 0 Å². The molecule has 22 heavy (non-hydrogen) atoms. The molecule has 0 aliphatic heterocycles. The molecule has 2 heterocycles. The van der Waals surface area contributed by atoms with Gasteiger partial charge in [-0.3, -0.25) is 19.9 Å². The average Bonchev–Trinajstić information content (AvgIpc) is 2.96. The van der Waals surface area contributed by atoms with E-state index in [1.807, 2.05) is 6.07 Å². The Morgan fingerprint density at radius 3 is 2.91 bits per heavy atom. The minimum atomic E-state index is -0.480. The van der Waals surface area contributed by atoms with Crippen LogP contribution in [0.25, 0.3) is 17.0 Å². The molecule has 3 aromatic rings. The quantitative estimate of drug-likeness (QED) is 0.345. The summed E-state index contributed by atoms with van der Waals surface area (Å²) in [4.78, 5) is 29.6. The zero-order valence-corrected chi connectivity index (χ0v) is 11.4. The van der Waals surface area contributed by atoms with E-state index in [0.717, 1.165) is 5.56 Å². The van der Waals surface area contributed by atoms with Crippen LogP contribution < -0.4 is 0 Å². The number of carbonyl (C=O) groups excluding carboxylic acids is 1. The van der Waals surface area contributed by atoms with E-state index < -0.39 is 4.92 Å². The summed E-state index contributed by atoms with van der Waals surface area (Å²) in [5, 5.41) is 11.4. The van der Waals surface area contributed by atoms with Crippen LogP contribution in [0.2, 0.25) is 0 Å². The van der Waals surface area contributed by atoms with Crippen LogP contribution in [0.1, 0.15) is 15.9 Å². The van der Waals surface area contributed by atoms with E-state index >= 15 is 0 Å². The van der Waals surface area contributed by atoms with Gasteiger partial charge in [-0.2, -0.15) is 0 Å². The average molecular weight is 293 g/mol. The standard InChI is InChI=1S/C16H11N3O3/c20-16(6-3-11-2-1-7-17-9-11)14-10-18-15-5-4-12(19(21)22)8-13(14)15/h1-10,18H. The number of fused-ring (bicyclic) bond motifs is 1. The van der Waals surface area contributed by atoms with Crippen molar-refractivity contribution in [3.8, 4) is 0 Å². The van der Waals surface area contributed by atoms with Crippen LogP contribution in [-0.2, 0) is 0 Å². The number of hydrogen-bond donors (Lipinski definition) is 1. The van der Waals surface area contributed by atoms with Gasteiger partial charge in [0.1, 0.15) is 0 Å². The summed E-state index contributed by atoms with van der Waals surface area (Å²) in [5.74, 6) is -0.226. The molecule has 0 aliphatic carbocycles. The van der Waals surface area contributed by atoms with Crippen LogP contribution in [0.15, 0.2) is 55.0 Å². The second-order valence-corrected chi connectivity index (χ2v) is 4.67. The van der Waals surface area contributed by atoms with Gasteiger partial charge in [0.05, 0.1) is 4.92 Å². The fourth-order valence-electron chi connectivity index (χ4n) is 2.16. The summed E-state index contributed by atoms with van der Waals surface area (Å²) in [6.07, 6.45) is 7.94. The summed E-state index contributed by atoms with van der Waals surface area (Å²) in [7, 11) is 0. The normalized spacial score (nSPS) is 11.1. The van der Waals surface area contributed by atoms with Gasteiger partial charge in [0.2, 0.25) is 0 Å². The first-order valence-electron chi connectivity index (χ1n) is 6.53. The SMILES string of the molecule is O=C(C=Cc1cccnc1)c1c[nH]c2ccc([N+](=O)[O-])cc12. The number of hydrogen-bond acceptors (Lipinski definition) is 4. The number of nitro benzene ring substituents is 1. The number of carbonyl (C=O) groups is 1. The van der Waals surface area contributed by atoms with Crippen molar-refractivity contribution in [2.24, 2.45) is 0 Å². The third kappa shape index (κ3) is 2.62. The van der Waals surface area contributed by atoms with Gasteiger partial charge >= 0.3 is 0 Å². The number of rotatable bonds is 4. The third-order valence-electron chi connectivity index (χ3n) is 3.25. The second-order valence-electron chi connectivity index (χ2n) is 4.67. The molecule has 3 rings (SSSR count). The Labute approximate surface area is 125 Å². The molecular weight excluding hydrogens is 282 g/mol. The topological polar surface area (TPSA) is 88.9 Å². The number of allylic oxidation sites excluding steroid dienone is 1. The van der Waals surface area contributed by atoms with E-state index in [9.17, 15) is 14.9 Å². The van der Waals surface area contributed by atoms with Gasteiger partial charge in [-0.05, 0) is 29.8 Å². The monoisotopic (exact) mass is 293 g/mol. The van der Waals surface area contributed by atoms with Gasteiger partial charge < -0.3 is 4.98 Å². The Kier molecular flexibility index (Phi) is 3.49. The number of nitro groups is 1. The second kappa shape index (κ2) is 5.61. The van der Waals surface area contributed by atoms with Crippen molar-refractivity contribution >= 4 is 28.4 Å². The molecule has 108 valence electrons. The number of benzene rings is 1. The Hall–Kier alpha value is -3.28. The highest BCUT2D eigenvalue weighted by atomic mass is 16.6. The predicted octanol–water partition coefficient (Wildman–Crippen LogP) is 3.37. The molecule has 6 heteroatoms. The first kappa shape index (κ1) is 13.7. The van der Waals surface area contributed by atoms with Crippen molar-refractivity contribution in [3.63, 3.8) is 0 Å². The highest BCUT2D eigenvalue weighted by Crippen LogP contribution is 2.24. The Bertz CT molecular complexity index is 882. The molecule has 2 aromatic heterocycles.